The van der Waals surface area contributed by atoms with Gasteiger partial charge in [-0.1, -0.05) is 25.5 Å². The van der Waals surface area contributed by atoms with Crippen LogP contribution in [0.4, 0.5) is 0 Å². The standard InChI is InChI=1S/C19H29NO/c1-3-9-20-14(2)16-5-4-6-19(12-16)21-13-18-11-15-7-8-17(18)10-15/h4-6,12,14-15,17-18,20H,3,7-11,13H2,1-2H3. The molecular formula is C19H29NO. The highest BCUT2D eigenvalue weighted by Gasteiger charge is 2.39. The quantitative estimate of drug-likeness (QED) is 0.793. The second-order valence-corrected chi connectivity index (χ2v) is 6.99. The van der Waals surface area contributed by atoms with Crippen LogP contribution in [-0.4, -0.2) is 13.2 Å². The van der Waals surface area contributed by atoms with E-state index in [2.05, 4.69) is 43.4 Å². The normalized spacial score (nSPS) is 28.8. The number of rotatable bonds is 7. The lowest BCUT2D eigenvalue weighted by atomic mass is 9.89. The number of hydrogen-bond acceptors (Lipinski definition) is 2. The van der Waals surface area contributed by atoms with E-state index in [-0.39, 0.29) is 0 Å². The molecule has 0 spiro atoms. The minimum absolute atomic E-state index is 0.399. The van der Waals surface area contributed by atoms with Gasteiger partial charge in [-0.05, 0) is 74.6 Å². The summed E-state index contributed by atoms with van der Waals surface area (Å²) in [7, 11) is 0. The summed E-state index contributed by atoms with van der Waals surface area (Å²) >= 11 is 0. The van der Waals surface area contributed by atoms with Crippen LogP contribution in [0.25, 0.3) is 0 Å². The molecule has 0 aliphatic heterocycles. The van der Waals surface area contributed by atoms with Crippen molar-refractivity contribution in [2.24, 2.45) is 17.8 Å². The number of nitrogens with one attached hydrogen (secondary N) is 1. The summed E-state index contributed by atoms with van der Waals surface area (Å²) in [5.74, 6) is 3.81. The molecule has 1 aromatic carbocycles. The summed E-state index contributed by atoms with van der Waals surface area (Å²) in [6.07, 6.45) is 6.95. The molecule has 2 saturated carbocycles. The maximum atomic E-state index is 6.11. The Balaban J connectivity index is 1.53. The van der Waals surface area contributed by atoms with E-state index < -0.39 is 0 Å². The van der Waals surface area contributed by atoms with Crippen molar-refractivity contribution in [1.82, 2.24) is 5.32 Å². The van der Waals surface area contributed by atoms with Gasteiger partial charge in [-0.25, -0.2) is 0 Å². The lowest BCUT2D eigenvalue weighted by Gasteiger charge is -2.22. The Hall–Kier alpha value is -1.02. The lowest BCUT2D eigenvalue weighted by molar-refractivity contribution is 0.195. The van der Waals surface area contributed by atoms with Crippen molar-refractivity contribution in [3.63, 3.8) is 0 Å². The van der Waals surface area contributed by atoms with Gasteiger partial charge in [-0.3, -0.25) is 0 Å². The molecule has 0 amide bonds. The van der Waals surface area contributed by atoms with Gasteiger partial charge in [0.1, 0.15) is 5.75 Å². The number of benzene rings is 1. The van der Waals surface area contributed by atoms with E-state index in [0.29, 0.717) is 6.04 Å². The van der Waals surface area contributed by atoms with Crippen LogP contribution in [0.1, 0.15) is 57.6 Å². The molecule has 0 heterocycles. The van der Waals surface area contributed by atoms with Gasteiger partial charge in [0.15, 0.2) is 0 Å². The monoisotopic (exact) mass is 287 g/mol. The molecule has 0 radical (unpaired) electrons. The zero-order chi connectivity index (χ0) is 14.7. The number of hydrogen-bond donors (Lipinski definition) is 1. The van der Waals surface area contributed by atoms with E-state index in [0.717, 1.165) is 36.7 Å². The molecule has 116 valence electrons. The summed E-state index contributed by atoms with van der Waals surface area (Å²) in [5, 5.41) is 3.54. The van der Waals surface area contributed by atoms with E-state index in [4.69, 9.17) is 4.74 Å². The van der Waals surface area contributed by atoms with Gasteiger partial charge < -0.3 is 10.1 Å². The summed E-state index contributed by atoms with van der Waals surface area (Å²) < 4.78 is 6.11. The summed E-state index contributed by atoms with van der Waals surface area (Å²) in [6, 6.07) is 9.02. The number of fused-ring (bicyclic) bond motifs is 2. The Labute approximate surface area is 129 Å². The molecule has 2 nitrogen and oxygen atoms in total. The van der Waals surface area contributed by atoms with Crippen LogP contribution >= 0.6 is 0 Å². The predicted octanol–water partition coefficient (Wildman–Crippen LogP) is 4.56. The molecule has 1 N–H and O–H groups in total. The number of ether oxygens (including phenoxy) is 1. The molecule has 3 rings (SSSR count). The molecule has 4 atom stereocenters. The highest BCUT2D eigenvalue weighted by atomic mass is 16.5. The van der Waals surface area contributed by atoms with Gasteiger partial charge in [0.25, 0.3) is 0 Å². The zero-order valence-electron chi connectivity index (χ0n) is 13.5. The van der Waals surface area contributed by atoms with Crippen LogP contribution in [-0.2, 0) is 0 Å². The molecule has 2 aliphatic rings. The minimum atomic E-state index is 0.399. The Morgan fingerprint density at radius 3 is 2.90 bits per heavy atom. The van der Waals surface area contributed by atoms with Crippen LogP contribution < -0.4 is 10.1 Å². The Morgan fingerprint density at radius 1 is 1.29 bits per heavy atom. The maximum Gasteiger partial charge on any atom is 0.119 e. The van der Waals surface area contributed by atoms with Crippen molar-refractivity contribution in [3.8, 4) is 5.75 Å². The van der Waals surface area contributed by atoms with E-state index in [1.165, 1.54) is 37.7 Å². The fourth-order valence-electron chi connectivity index (χ4n) is 4.14. The van der Waals surface area contributed by atoms with E-state index in [9.17, 15) is 0 Å². The highest BCUT2D eigenvalue weighted by Crippen LogP contribution is 2.48. The molecule has 21 heavy (non-hydrogen) atoms. The third kappa shape index (κ3) is 3.60. The van der Waals surface area contributed by atoms with Crippen LogP contribution in [0.2, 0.25) is 0 Å². The first-order chi connectivity index (χ1) is 10.3. The van der Waals surface area contributed by atoms with Crippen LogP contribution in [0.15, 0.2) is 24.3 Å². The van der Waals surface area contributed by atoms with Crippen LogP contribution in [0.5, 0.6) is 5.75 Å². The lowest BCUT2D eigenvalue weighted by Crippen LogP contribution is -2.20. The Morgan fingerprint density at radius 2 is 2.19 bits per heavy atom. The van der Waals surface area contributed by atoms with E-state index in [1.54, 1.807) is 0 Å². The molecule has 2 bridgehead atoms. The van der Waals surface area contributed by atoms with Crippen LogP contribution in [0, 0.1) is 17.8 Å². The second-order valence-electron chi connectivity index (χ2n) is 6.99. The van der Waals surface area contributed by atoms with Crippen molar-refractivity contribution < 1.29 is 4.74 Å². The Bertz CT molecular complexity index is 459. The molecule has 2 aliphatic carbocycles. The van der Waals surface area contributed by atoms with Crippen molar-refractivity contribution in [1.29, 1.82) is 0 Å². The summed E-state index contributed by atoms with van der Waals surface area (Å²) in [5.41, 5.74) is 1.33. The largest absolute Gasteiger partial charge is 0.493 e. The van der Waals surface area contributed by atoms with Gasteiger partial charge in [-0.2, -0.15) is 0 Å². The summed E-state index contributed by atoms with van der Waals surface area (Å²) in [4.78, 5) is 0. The Kier molecular flexibility index (Phi) is 4.84. The van der Waals surface area contributed by atoms with Gasteiger partial charge in [0, 0.05) is 6.04 Å². The maximum absolute atomic E-state index is 6.11. The topological polar surface area (TPSA) is 21.3 Å². The third-order valence-electron chi connectivity index (χ3n) is 5.41. The van der Waals surface area contributed by atoms with Gasteiger partial charge >= 0.3 is 0 Å². The average molecular weight is 287 g/mol. The predicted molar refractivity (Wildman–Crippen MR) is 87.6 cm³/mol. The summed E-state index contributed by atoms with van der Waals surface area (Å²) in [6.45, 7) is 6.41. The van der Waals surface area contributed by atoms with Crippen molar-refractivity contribution in [2.45, 2.75) is 52.0 Å². The van der Waals surface area contributed by atoms with E-state index >= 15 is 0 Å². The molecule has 2 fully saturated rings. The van der Waals surface area contributed by atoms with Crippen molar-refractivity contribution in [2.75, 3.05) is 13.2 Å². The molecular weight excluding hydrogens is 258 g/mol. The minimum Gasteiger partial charge on any atom is -0.493 e. The zero-order valence-corrected chi connectivity index (χ0v) is 13.5. The first-order valence-electron chi connectivity index (χ1n) is 8.72. The van der Waals surface area contributed by atoms with Crippen molar-refractivity contribution in [3.05, 3.63) is 29.8 Å². The second kappa shape index (κ2) is 6.83. The molecule has 4 unspecified atom stereocenters. The fraction of sp³-hybridized carbons (Fsp3) is 0.684. The first-order valence-corrected chi connectivity index (χ1v) is 8.72. The van der Waals surface area contributed by atoms with Gasteiger partial charge in [0.2, 0.25) is 0 Å². The van der Waals surface area contributed by atoms with E-state index in [1.807, 2.05) is 0 Å². The highest BCUT2D eigenvalue weighted by molar-refractivity contribution is 5.30. The van der Waals surface area contributed by atoms with Gasteiger partial charge in [-0.15, -0.1) is 0 Å². The smallest absolute Gasteiger partial charge is 0.119 e. The molecule has 0 saturated heterocycles. The molecule has 2 heteroatoms. The average Bonchev–Trinajstić information content (AvgIpc) is 3.13. The van der Waals surface area contributed by atoms with Gasteiger partial charge in [0.05, 0.1) is 6.61 Å². The SMILES string of the molecule is CCCNC(C)c1cccc(OCC2CC3CCC2C3)c1. The van der Waals surface area contributed by atoms with Crippen molar-refractivity contribution >= 4 is 0 Å². The molecule has 0 aromatic heterocycles. The fourth-order valence-corrected chi connectivity index (χ4v) is 4.14. The molecule has 1 aromatic rings. The first kappa shape index (κ1) is 14.9. The third-order valence-corrected chi connectivity index (χ3v) is 5.41. The van der Waals surface area contributed by atoms with Crippen LogP contribution in [0.3, 0.4) is 0 Å².